The number of likely N-dealkylation sites (tertiary alicyclic amines) is 1. The number of rotatable bonds is 9. The summed E-state index contributed by atoms with van der Waals surface area (Å²) in [6.45, 7) is 5.48. The number of anilines is 1. The summed E-state index contributed by atoms with van der Waals surface area (Å²) in [5.74, 6) is 1.78. The summed E-state index contributed by atoms with van der Waals surface area (Å²) in [7, 11) is -3.23. The van der Waals surface area contributed by atoms with Crippen molar-refractivity contribution in [2.75, 3.05) is 44.3 Å². The van der Waals surface area contributed by atoms with E-state index in [-0.39, 0.29) is 10.8 Å². The summed E-state index contributed by atoms with van der Waals surface area (Å²) in [6, 6.07) is 17.4. The van der Waals surface area contributed by atoms with Gasteiger partial charge in [0.2, 0.25) is 5.91 Å². The molecule has 2 heterocycles. The first-order valence-electron chi connectivity index (χ1n) is 13.0. The predicted molar refractivity (Wildman–Crippen MR) is 141 cm³/mol. The minimum atomic E-state index is -3.23. The van der Waals surface area contributed by atoms with Crippen molar-refractivity contribution in [3.8, 4) is 0 Å². The van der Waals surface area contributed by atoms with Crippen LogP contribution in [0.1, 0.15) is 50.0 Å². The van der Waals surface area contributed by atoms with Gasteiger partial charge < -0.3 is 15.5 Å². The van der Waals surface area contributed by atoms with Crippen LogP contribution in [0.3, 0.4) is 0 Å². The number of carbonyl (C=O) groups is 1. The summed E-state index contributed by atoms with van der Waals surface area (Å²) in [5, 5.41) is 6.42. The maximum Gasteiger partial charge on any atom is 0.224 e. The van der Waals surface area contributed by atoms with Gasteiger partial charge in [-0.15, -0.1) is 0 Å². The standard InChI is InChI=1S/C28H39N3O3S/c1-35(33,34)26-9-7-25(8-10-26)30-28(32)21-22-13-18-31(19-14-22)20-15-27(23-5-3-2-4-6-23)24-11-16-29-17-12-24/h2-10,22,24,27,29H,11-21H2,1H3,(H,30,32). The number of amides is 1. The smallest absolute Gasteiger partial charge is 0.224 e. The van der Waals surface area contributed by atoms with E-state index in [1.54, 1.807) is 12.1 Å². The second-order valence-corrected chi connectivity index (χ2v) is 12.2. The minimum Gasteiger partial charge on any atom is -0.326 e. The molecule has 2 aromatic carbocycles. The highest BCUT2D eigenvalue weighted by molar-refractivity contribution is 7.90. The second-order valence-electron chi connectivity index (χ2n) is 10.2. The zero-order valence-electron chi connectivity index (χ0n) is 20.8. The number of carbonyl (C=O) groups excluding carboxylic acids is 1. The van der Waals surface area contributed by atoms with Crippen molar-refractivity contribution in [1.29, 1.82) is 0 Å². The van der Waals surface area contributed by atoms with Gasteiger partial charge in [0.05, 0.1) is 4.90 Å². The van der Waals surface area contributed by atoms with Crippen molar-refractivity contribution in [3.63, 3.8) is 0 Å². The van der Waals surface area contributed by atoms with E-state index in [2.05, 4.69) is 45.9 Å². The fraction of sp³-hybridized carbons (Fsp3) is 0.536. The molecule has 35 heavy (non-hydrogen) atoms. The van der Waals surface area contributed by atoms with E-state index in [9.17, 15) is 13.2 Å². The lowest BCUT2D eigenvalue weighted by atomic mass is 9.78. The molecule has 4 rings (SSSR count). The molecule has 2 saturated heterocycles. The molecule has 1 unspecified atom stereocenters. The van der Waals surface area contributed by atoms with Crippen LogP contribution in [0, 0.1) is 11.8 Å². The summed E-state index contributed by atoms with van der Waals surface area (Å²) < 4.78 is 23.2. The minimum absolute atomic E-state index is 0.00519. The molecule has 0 aromatic heterocycles. The van der Waals surface area contributed by atoms with Crippen LogP contribution in [-0.4, -0.2) is 58.2 Å². The Bertz CT molecular complexity index is 1040. The highest BCUT2D eigenvalue weighted by Gasteiger charge is 2.27. The maximum absolute atomic E-state index is 12.5. The zero-order valence-corrected chi connectivity index (χ0v) is 21.6. The van der Waals surface area contributed by atoms with E-state index in [0.717, 1.165) is 51.5 Å². The molecular weight excluding hydrogens is 458 g/mol. The third-order valence-electron chi connectivity index (χ3n) is 7.68. The van der Waals surface area contributed by atoms with Gasteiger partial charge in [0, 0.05) is 18.4 Å². The first-order valence-corrected chi connectivity index (χ1v) is 14.9. The van der Waals surface area contributed by atoms with E-state index in [1.807, 2.05) is 0 Å². The van der Waals surface area contributed by atoms with Crippen LogP contribution < -0.4 is 10.6 Å². The van der Waals surface area contributed by atoms with Crippen LogP contribution in [0.4, 0.5) is 5.69 Å². The van der Waals surface area contributed by atoms with Crippen molar-refractivity contribution < 1.29 is 13.2 Å². The Morgan fingerprint density at radius 3 is 2.29 bits per heavy atom. The van der Waals surface area contributed by atoms with Crippen molar-refractivity contribution >= 4 is 21.4 Å². The summed E-state index contributed by atoms with van der Waals surface area (Å²) in [4.78, 5) is 15.4. The van der Waals surface area contributed by atoms with Gasteiger partial charge in [0.25, 0.3) is 0 Å². The molecule has 2 aliphatic rings. The first kappa shape index (κ1) is 25.9. The number of piperidine rings is 2. The van der Waals surface area contributed by atoms with E-state index < -0.39 is 9.84 Å². The van der Waals surface area contributed by atoms with E-state index >= 15 is 0 Å². The number of nitrogens with one attached hydrogen (secondary N) is 2. The number of nitrogens with zero attached hydrogens (tertiary/aromatic N) is 1. The molecule has 190 valence electrons. The van der Waals surface area contributed by atoms with Gasteiger partial charge in [-0.25, -0.2) is 8.42 Å². The van der Waals surface area contributed by atoms with E-state index in [4.69, 9.17) is 0 Å². The lowest BCUT2D eigenvalue weighted by Gasteiger charge is -2.35. The lowest BCUT2D eigenvalue weighted by Crippen LogP contribution is -2.37. The molecule has 7 heteroatoms. The molecule has 1 amide bonds. The Morgan fingerprint density at radius 1 is 1.00 bits per heavy atom. The summed E-state index contributed by atoms with van der Waals surface area (Å²) >= 11 is 0. The topological polar surface area (TPSA) is 78.5 Å². The van der Waals surface area contributed by atoms with Crippen molar-refractivity contribution in [2.24, 2.45) is 11.8 Å². The zero-order chi connectivity index (χ0) is 24.7. The number of hydrogen-bond acceptors (Lipinski definition) is 5. The van der Waals surface area contributed by atoms with Gasteiger partial charge in [-0.1, -0.05) is 30.3 Å². The Kier molecular flexibility index (Phi) is 8.98. The van der Waals surface area contributed by atoms with Crippen molar-refractivity contribution in [2.45, 2.75) is 49.3 Å². The molecule has 2 N–H and O–H groups in total. The molecular formula is C28H39N3O3S. The summed E-state index contributed by atoms with van der Waals surface area (Å²) in [6.07, 6.45) is 7.50. The first-order chi connectivity index (χ1) is 16.9. The van der Waals surface area contributed by atoms with E-state index in [0.29, 0.717) is 23.9 Å². The Balaban J connectivity index is 1.22. The monoisotopic (exact) mass is 497 g/mol. The van der Waals surface area contributed by atoms with Crippen LogP contribution in [0.5, 0.6) is 0 Å². The van der Waals surface area contributed by atoms with Crippen molar-refractivity contribution in [1.82, 2.24) is 10.2 Å². The molecule has 6 nitrogen and oxygen atoms in total. The van der Waals surface area contributed by atoms with E-state index in [1.165, 1.54) is 43.2 Å². The molecule has 0 spiro atoms. The number of benzene rings is 2. The lowest BCUT2D eigenvalue weighted by molar-refractivity contribution is -0.117. The van der Waals surface area contributed by atoms with Crippen LogP contribution in [0.15, 0.2) is 59.5 Å². The largest absolute Gasteiger partial charge is 0.326 e. The summed E-state index contributed by atoms with van der Waals surface area (Å²) in [5.41, 5.74) is 2.13. The molecule has 0 radical (unpaired) electrons. The fourth-order valence-corrected chi connectivity index (χ4v) is 6.25. The molecule has 0 aliphatic carbocycles. The third kappa shape index (κ3) is 7.63. The Labute approximate surface area is 210 Å². The molecule has 2 fully saturated rings. The molecule has 0 bridgehead atoms. The van der Waals surface area contributed by atoms with Gasteiger partial charge in [0.15, 0.2) is 9.84 Å². The highest BCUT2D eigenvalue weighted by Crippen LogP contribution is 2.34. The SMILES string of the molecule is CS(=O)(=O)c1ccc(NC(=O)CC2CCN(CCC(c3ccccc3)C3CCNCC3)CC2)cc1. The average Bonchev–Trinajstić information content (AvgIpc) is 2.86. The Morgan fingerprint density at radius 2 is 1.66 bits per heavy atom. The molecule has 2 aromatic rings. The highest BCUT2D eigenvalue weighted by atomic mass is 32.2. The number of sulfone groups is 1. The third-order valence-corrected chi connectivity index (χ3v) is 8.81. The van der Waals surface area contributed by atoms with Gasteiger partial charge >= 0.3 is 0 Å². The fourth-order valence-electron chi connectivity index (χ4n) is 5.62. The molecule has 1 atom stereocenters. The van der Waals surface area contributed by atoms with Crippen molar-refractivity contribution in [3.05, 3.63) is 60.2 Å². The number of hydrogen-bond donors (Lipinski definition) is 2. The second kappa shape index (κ2) is 12.2. The van der Waals surface area contributed by atoms with Crippen LogP contribution in [0.2, 0.25) is 0 Å². The normalized spacial score (nSPS) is 19.3. The van der Waals surface area contributed by atoms with Crippen LogP contribution >= 0.6 is 0 Å². The maximum atomic E-state index is 12.5. The van der Waals surface area contributed by atoms with Gasteiger partial charge in [0.1, 0.15) is 0 Å². The average molecular weight is 498 g/mol. The van der Waals surface area contributed by atoms with Crippen LogP contribution in [-0.2, 0) is 14.6 Å². The van der Waals surface area contributed by atoms with Crippen LogP contribution in [0.25, 0.3) is 0 Å². The van der Waals surface area contributed by atoms with Gasteiger partial charge in [-0.05, 0) is 112 Å². The molecule has 0 saturated carbocycles. The predicted octanol–water partition coefficient (Wildman–Crippen LogP) is 4.30. The van der Waals surface area contributed by atoms with Gasteiger partial charge in [-0.3, -0.25) is 4.79 Å². The quantitative estimate of drug-likeness (QED) is 0.540. The Hall–Kier alpha value is -2.22. The molecule has 2 aliphatic heterocycles. The van der Waals surface area contributed by atoms with Gasteiger partial charge in [-0.2, -0.15) is 0 Å².